The molecule has 0 aliphatic rings. The van der Waals surface area contributed by atoms with Crippen LogP contribution in [0.1, 0.15) is 42.5 Å². The van der Waals surface area contributed by atoms with Gasteiger partial charge in [0.05, 0.1) is 5.56 Å². The monoisotopic (exact) mass is 296 g/mol. The molecule has 2 N–H and O–H groups in total. The maximum Gasteiger partial charge on any atom is 0.416 e. The first-order valence-electron chi connectivity index (χ1n) is 6.42. The van der Waals surface area contributed by atoms with Gasteiger partial charge in [-0.1, -0.05) is 32.0 Å². The smallest absolute Gasteiger partial charge is 0.368 e. The molecule has 1 aromatic heterocycles. The Morgan fingerprint density at radius 3 is 2.48 bits per heavy atom. The van der Waals surface area contributed by atoms with Crippen LogP contribution in [0.4, 0.5) is 19.1 Å². The first-order valence-corrected chi connectivity index (χ1v) is 6.42. The lowest BCUT2D eigenvalue weighted by molar-refractivity contribution is -0.137. The molecule has 1 aromatic carbocycles. The minimum atomic E-state index is -4.36. The zero-order valence-corrected chi connectivity index (χ0v) is 11.6. The maximum absolute atomic E-state index is 12.7. The second-order valence-corrected chi connectivity index (χ2v) is 5.00. The normalized spacial score (nSPS) is 11.9. The predicted octanol–water partition coefficient (Wildman–Crippen LogP) is 3.19. The van der Waals surface area contributed by atoms with E-state index in [0.29, 0.717) is 17.2 Å². The zero-order valence-electron chi connectivity index (χ0n) is 11.6. The summed E-state index contributed by atoms with van der Waals surface area (Å²) in [6.45, 7) is 3.81. The minimum Gasteiger partial charge on any atom is -0.368 e. The molecule has 0 atom stereocenters. The van der Waals surface area contributed by atoms with E-state index in [1.54, 1.807) is 6.07 Å². The summed E-state index contributed by atoms with van der Waals surface area (Å²) < 4.78 is 38.0. The van der Waals surface area contributed by atoms with Crippen molar-refractivity contribution in [1.29, 1.82) is 0 Å². The summed E-state index contributed by atoms with van der Waals surface area (Å²) in [7, 11) is 0. The van der Waals surface area contributed by atoms with Crippen molar-refractivity contribution >= 4 is 5.95 Å². The molecule has 0 bridgehead atoms. The molecule has 0 unspecified atom stereocenters. The lowest BCUT2D eigenvalue weighted by atomic mass is 10.1. The van der Waals surface area contributed by atoms with Crippen molar-refractivity contribution in [3.05, 3.63) is 47.0 Å². The van der Waals surface area contributed by atoms with Crippen LogP contribution in [0.2, 0.25) is 0 Å². The van der Waals surface area contributed by atoms with Crippen molar-refractivity contribution in [2.75, 3.05) is 5.73 Å². The van der Waals surface area contributed by atoms with Crippen molar-refractivity contribution in [2.24, 2.45) is 0 Å². The van der Waals surface area contributed by atoms with E-state index in [0.717, 1.165) is 12.1 Å². The first-order chi connectivity index (χ1) is 9.75. The Kier molecular flexibility index (Phi) is 4.11. The topological polar surface area (TPSA) is 64.7 Å². The molecule has 2 aromatic rings. The Bertz CT molecular complexity index is 638. The average Bonchev–Trinajstić information content (AvgIpc) is 2.37. The highest BCUT2D eigenvalue weighted by Crippen LogP contribution is 2.29. The number of benzene rings is 1. The standard InChI is InChI=1S/C14H15F3N4/c1-8(2)12-19-11(20-13(18)21-12)7-9-4-3-5-10(6-9)14(15,16)17/h3-6,8H,7H2,1-2H3,(H2,18,19,20,21). The molecule has 0 aliphatic carbocycles. The molecule has 1 heterocycles. The zero-order chi connectivity index (χ0) is 15.6. The van der Waals surface area contributed by atoms with Gasteiger partial charge in [-0.3, -0.25) is 0 Å². The van der Waals surface area contributed by atoms with Gasteiger partial charge in [-0.05, 0) is 11.6 Å². The number of nitrogens with two attached hydrogens (primary N) is 1. The van der Waals surface area contributed by atoms with Crippen LogP contribution in [0.5, 0.6) is 0 Å². The number of nitrogen functional groups attached to an aromatic ring is 1. The Morgan fingerprint density at radius 1 is 1.14 bits per heavy atom. The van der Waals surface area contributed by atoms with Crippen LogP contribution < -0.4 is 5.73 Å². The third-order valence-corrected chi connectivity index (χ3v) is 2.85. The van der Waals surface area contributed by atoms with E-state index >= 15 is 0 Å². The van der Waals surface area contributed by atoms with E-state index in [1.807, 2.05) is 13.8 Å². The fourth-order valence-corrected chi connectivity index (χ4v) is 1.83. The van der Waals surface area contributed by atoms with Gasteiger partial charge in [0, 0.05) is 12.3 Å². The van der Waals surface area contributed by atoms with E-state index in [1.165, 1.54) is 6.07 Å². The third kappa shape index (κ3) is 3.90. The molecule has 2 rings (SSSR count). The number of rotatable bonds is 3. The molecule has 7 heteroatoms. The molecule has 0 radical (unpaired) electrons. The van der Waals surface area contributed by atoms with Gasteiger partial charge >= 0.3 is 6.18 Å². The minimum absolute atomic E-state index is 0.0653. The number of nitrogens with zero attached hydrogens (tertiary/aromatic N) is 3. The number of alkyl halides is 3. The highest BCUT2D eigenvalue weighted by atomic mass is 19.4. The van der Waals surface area contributed by atoms with Crippen molar-refractivity contribution in [3.8, 4) is 0 Å². The summed E-state index contributed by atoms with van der Waals surface area (Å²) in [6.07, 6.45) is -4.19. The quantitative estimate of drug-likeness (QED) is 0.944. The highest BCUT2D eigenvalue weighted by molar-refractivity contribution is 5.28. The average molecular weight is 296 g/mol. The molecule has 0 spiro atoms. The summed E-state index contributed by atoms with van der Waals surface area (Å²) >= 11 is 0. The first kappa shape index (κ1) is 15.2. The number of hydrogen-bond donors (Lipinski definition) is 1. The van der Waals surface area contributed by atoms with Gasteiger partial charge in [0.1, 0.15) is 11.6 Å². The van der Waals surface area contributed by atoms with Gasteiger partial charge in [-0.25, -0.2) is 4.98 Å². The number of anilines is 1. The van der Waals surface area contributed by atoms with Crippen LogP contribution in [0.3, 0.4) is 0 Å². The van der Waals surface area contributed by atoms with Crippen LogP contribution in [-0.4, -0.2) is 15.0 Å². The molecule has 0 aliphatic heterocycles. The molecule has 0 amide bonds. The Balaban J connectivity index is 2.30. The molecule has 0 saturated carbocycles. The van der Waals surface area contributed by atoms with Gasteiger partial charge in [0.15, 0.2) is 0 Å². The highest BCUT2D eigenvalue weighted by Gasteiger charge is 2.30. The van der Waals surface area contributed by atoms with Gasteiger partial charge in [0.25, 0.3) is 0 Å². The van der Waals surface area contributed by atoms with Crippen LogP contribution in [0, 0.1) is 0 Å². The van der Waals surface area contributed by atoms with E-state index in [2.05, 4.69) is 15.0 Å². The Hall–Kier alpha value is -2.18. The Labute approximate surface area is 120 Å². The summed E-state index contributed by atoms with van der Waals surface area (Å²) in [5.41, 5.74) is 5.40. The molecule has 4 nitrogen and oxygen atoms in total. The van der Waals surface area contributed by atoms with Gasteiger partial charge < -0.3 is 5.73 Å². The summed E-state index contributed by atoms with van der Waals surface area (Å²) in [6, 6.07) is 5.09. The van der Waals surface area contributed by atoms with Crippen LogP contribution in [0.25, 0.3) is 0 Å². The number of aromatic nitrogens is 3. The van der Waals surface area contributed by atoms with Crippen molar-refractivity contribution in [1.82, 2.24) is 15.0 Å². The molecular weight excluding hydrogens is 281 g/mol. The van der Waals surface area contributed by atoms with Crippen LogP contribution in [0.15, 0.2) is 24.3 Å². The molecule has 0 fully saturated rings. The molecule has 112 valence electrons. The largest absolute Gasteiger partial charge is 0.416 e. The predicted molar refractivity (Wildman–Crippen MR) is 72.6 cm³/mol. The molecule has 0 saturated heterocycles. The van der Waals surface area contributed by atoms with E-state index in [9.17, 15) is 13.2 Å². The van der Waals surface area contributed by atoms with Crippen molar-refractivity contribution in [3.63, 3.8) is 0 Å². The summed E-state index contributed by atoms with van der Waals surface area (Å²) in [5, 5.41) is 0. The maximum atomic E-state index is 12.7. The van der Waals surface area contributed by atoms with Gasteiger partial charge in [0.2, 0.25) is 5.95 Å². The fraction of sp³-hybridized carbons (Fsp3) is 0.357. The van der Waals surface area contributed by atoms with Crippen molar-refractivity contribution in [2.45, 2.75) is 32.4 Å². The summed E-state index contributed by atoms with van der Waals surface area (Å²) in [4.78, 5) is 12.2. The molecule has 21 heavy (non-hydrogen) atoms. The fourth-order valence-electron chi connectivity index (χ4n) is 1.83. The van der Waals surface area contributed by atoms with Gasteiger partial charge in [-0.15, -0.1) is 0 Å². The lowest BCUT2D eigenvalue weighted by Crippen LogP contribution is -2.10. The Morgan fingerprint density at radius 2 is 1.86 bits per heavy atom. The summed E-state index contributed by atoms with van der Waals surface area (Å²) in [5.74, 6) is 1.04. The van der Waals surface area contributed by atoms with Crippen LogP contribution in [-0.2, 0) is 12.6 Å². The number of halogens is 3. The third-order valence-electron chi connectivity index (χ3n) is 2.85. The SMILES string of the molecule is CC(C)c1nc(N)nc(Cc2cccc(C(F)(F)F)c2)n1. The second-order valence-electron chi connectivity index (χ2n) is 5.00. The lowest BCUT2D eigenvalue weighted by Gasteiger charge is -2.09. The van der Waals surface area contributed by atoms with Crippen LogP contribution >= 0.6 is 0 Å². The van der Waals surface area contributed by atoms with Crippen molar-refractivity contribution < 1.29 is 13.2 Å². The van der Waals surface area contributed by atoms with Gasteiger partial charge in [-0.2, -0.15) is 23.1 Å². The number of hydrogen-bond acceptors (Lipinski definition) is 4. The molecular formula is C14H15F3N4. The van der Waals surface area contributed by atoms with E-state index in [4.69, 9.17) is 5.73 Å². The second kappa shape index (κ2) is 5.67. The van der Waals surface area contributed by atoms with E-state index in [-0.39, 0.29) is 18.3 Å². The van der Waals surface area contributed by atoms with E-state index < -0.39 is 11.7 Å².